The molecule has 3 aromatic heterocycles. The fourth-order valence-electron chi connectivity index (χ4n) is 4.77. The maximum Gasteiger partial charge on any atom is 0.433 e. The lowest BCUT2D eigenvalue weighted by Gasteiger charge is -2.22. The number of unbranched alkanes of at least 4 members (excludes halogenated alkanes) is 4. The number of fused-ring (bicyclic) bond motifs is 1. The lowest BCUT2D eigenvalue weighted by Crippen LogP contribution is -2.27. The van der Waals surface area contributed by atoms with E-state index in [0.717, 1.165) is 69.9 Å². The van der Waals surface area contributed by atoms with E-state index in [-0.39, 0.29) is 16.9 Å². The average Bonchev–Trinajstić information content (AvgIpc) is 2.96. The molecular weight excluding hydrogens is 570 g/mol. The Morgan fingerprint density at radius 1 is 0.791 bits per heavy atom. The Balaban J connectivity index is 1.76. The van der Waals surface area contributed by atoms with Crippen LogP contribution in [-0.4, -0.2) is 37.9 Å². The van der Waals surface area contributed by atoms with E-state index in [9.17, 15) is 26.3 Å². The molecule has 0 atom stereocenters. The minimum absolute atomic E-state index is 0.223. The lowest BCUT2D eigenvalue weighted by molar-refractivity contribution is -0.141. The van der Waals surface area contributed by atoms with Crippen molar-refractivity contribution in [3.8, 4) is 11.3 Å². The van der Waals surface area contributed by atoms with Gasteiger partial charge < -0.3 is 5.32 Å². The SMILES string of the molecule is CCCCCN(CCCCC)Cc1nc(Nc2ccc(C(F)(F)F)nc2)c2ccc(-c3ncccc3C(F)(F)F)cc2n1. The topological polar surface area (TPSA) is 66.8 Å². The van der Waals surface area contributed by atoms with Crippen LogP contribution in [0.25, 0.3) is 22.2 Å². The fraction of sp³-hybridized carbons (Fsp3) is 0.419. The zero-order valence-corrected chi connectivity index (χ0v) is 24.1. The van der Waals surface area contributed by atoms with Crippen molar-refractivity contribution in [2.75, 3.05) is 18.4 Å². The van der Waals surface area contributed by atoms with Crippen LogP contribution < -0.4 is 5.32 Å². The van der Waals surface area contributed by atoms with E-state index in [1.807, 2.05) is 0 Å². The first-order chi connectivity index (χ1) is 20.5. The number of halogens is 6. The molecule has 0 aliphatic rings. The first-order valence-corrected chi connectivity index (χ1v) is 14.4. The molecule has 0 aliphatic carbocycles. The summed E-state index contributed by atoms with van der Waals surface area (Å²) >= 11 is 0. The number of hydrogen-bond acceptors (Lipinski definition) is 6. The number of alkyl halides is 6. The molecule has 1 N–H and O–H groups in total. The summed E-state index contributed by atoms with van der Waals surface area (Å²) in [5.41, 5.74) is -1.23. The molecule has 0 fully saturated rings. The monoisotopic (exact) mass is 604 g/mol. The zero-order chi connectivity index (χ0) is 31.0. The van der Waals surface area contributed by atoms with Crippen molar-refractivity contribution in [2.24, 2.45) is 0 Å². The van der Waals surface area contributed by atoms with Gasteiger partial charge in [-0.15, -0.1) is 0 Å². The van der Waals surface area contributed by atoms with Gasteiger partial charge >= 0.3 is 12.4 Å². The fourth-order valence-corrected chi connectivity index (χ4v) is 4.77. The van der Waals surface area contributed by atoms with E-state index in [1.54, 1.807) is 6.07 Å². The van der Waals surface area contributed by atoms with E-state index in [1.165, 1.54) is 30.5 Å². The van der Waals surface area contributed by atoms with Crippen LogP contribution in [0.15, 0.2) is 54.9 Å². The van der Waals surface area contributed by atoms with Gasteiger partial charge in [0.1, 0.15) is 17.3 Å². The second-order valence-electron chi connectivity index (χ2n) is 10.4. The Kier molecular flexibility index (Phi) is 10.5. The Morgan fingerprint density at radius 3 is 2.12 bits per heavy atom. The number of hydrogen-bond donors (Lipinski definition) is 1. The van der Waals surface area contributed by atoms with Crippen molar-refractivity contribution in [1.29, 1.82) is 0 Å². The van der Waals surface area contributed by atoms with Gasteiger partial charge in [-0.3, -0.25) is 9.88 Å². The molecule has 3 heterocycles. The number of benzene rings is 1. The second-order valence-corrected chi connectivity index (χ2v) is 10.4. The maximum absolute atomic E-state index is 13.8. The molecule has 0 bridgehead atoms. The lowest BCUT2D eigenvalue weighted by atomic mass is 10.0. The van der Waals surface area contributed by atoms with E-state index >= 15 is 0 Å². The van der Waals surface area contributed by atoms with Crippen LogP contribution in [0.1, 0.15) is 69.5 Å². The second kappa shape index (κ2) is 14.1. The number of nitrogens with one attached hydrogen (secondary N) is 1. The normalized spacial score (nSPS) is 12.3. The van der Waals surface area contributed by atoms with Crippen molar-refractivity contribution >= 4 is 22.4 Å². The molecule has 0 radical (unpaired) electrons. The zero-order valence-electron chi connectivity index (χ0n) is 24.1. The molecular formula is C31H34F6N6. The van der Waals surface area contributed by atoms with Crippen LogP contribution in [0.5, 0.6) is 0 Å². The third kappa shape index (κ3) is 8.62. The van der Waals surface area contributed by atoms with Crippen molar-refractivity contribution in [2.45, 2.75) is 71.3 Å². The summed E-state index contributed by atoms with van der Waals surface area (Å²) in [4.78, 5) is 19.2. The highest BCUT2D eigenvalue weighted by molar-refractivity contribution is 5.93. The van der Waals surface area contributed by atoms with E-state index in [4.69, 9.17) is 9.97 Å². The van der Waals surface area contributed by atoms with Crippen molar-refractivity contribution in [1.82, 2.24) is 24.8 Å². The smallest absolute Gasteiger partial charge is 0.338 e. The molecule has 0 aliphatic heterocycles. The highest BCUT2D eigenvalue weighted by atomic mass is 19.4. The van der Waals surface area contributed by atoms with Crippen LogP contribution in [0, 0.1) is 0 Å². The Hall–Kier alpha value is -3.80. The van der Waals surface area contributed by atoms with Gasteiger partial charge in [0.25, 0.3) is 0 Å². The van der Waals surface area contributed by atoms with Crippen LogP contribution >= 0.6 is 0 Å². The maximum atomic E-state index is 13.8. The molecule has 0 spiro atoms. The van der Waals surface area contributed by atoms with Gasteiger partial charge in [0.05, 0.1) is 35.2 Å². The van der Waals surface area contributed by atoms with Gasteiger partial charge in [-0.1, -0.05) is 45.6 Å². The van der Waals surface area contributed by atoms with E-state index in [2.05, 4.69) is 34.0 Å². The summed E-state index contributed by atoms with van der Waals surface area (Å²) in [7, 11) is 0. The van der Waals surface area contributed by atoms with Crippen LogP contribution in [0.2, 0.25) is 0 Å². The van der Waals surface area contributed by atoms with E-state index in [0.29, 0.717) is 29.1 Å². The molecule has 4 rings (SSSR count). The Bertz CT molecular complexity index is 1480. The summed E-state index contributed by atoms with van der Waals surface area (Å²) < 4.78 is 80.4. The van der Waals surface area contributed by atoms with Crippen LogP contribution in [0.4, 0.5) is 37.8 Å². The molecule has 0 saturated carbocycles. The largest absolute Gasteiger partial charge is 0.433 e. The van der Waals surface area contributed by atoms with Gasteiger partial charge in [-0.25, -0.2) is 15.0 Å². The number of rotatable bonds is 13. The summed E-state index contributed by atoms with van der Waals surface area (Å²) in [5, 5.41) is 3.53. The number of anilines is 2. The molecule has 12 heteroatoms. The van der Waals surface area contributed by atoms with Gasteiger partial charge in [0, 0.05) is 17.1 Å². The minimum atomic E-state index is -4.60. The summed E-state index contributed by atoms with van der Waals surface area (Å²) in [6.45, 7) is 6.35. The quantitative estimate of drug-likeness (QED) is 0.121. The predicted molar refractivity (Wildman–Crippen MR) is 155 cm³/mol. The minimum Gasteiger partial charge on any atom is -0.338 e. The van der Waals surface area contributed by atoms with Crippen LogP contribution in [0.3, 0.4) is 0 Å². The van der Waals surface area contributed by atoms with Gasteiger partial charge in [-0.2, -0.15) is 26.3 Å². The third-order valence-corrected chi connectivity index (χ3v) is 6.97. The Morgan fingerprint density at radius 2 is 1.51 bits per heavy atom. The number of nitrogens with zero attached hydrogens (tertiary/aromatic N) is 5. The Labute approximate surface area is 246 Å². The summed E-state index contributed by atoms with van der Waals surface area (Å²) in [5.74, 6) is 0.754. The molecule has 43 heavy (non-hydrogen) atoms. The van der Waals surface area contributed by atoms with Crippen molar-refractivity contribution in [3.05, 3.63) is 71.9 Å². The first-order valence-electron chi connectivity index (χ1n) is 14.4. The van der Waals surface area contributed by atoms with Gasteiger partial charge in [0.15, 0.2) is 0 Å². The summed E-state index contributed by atoms with van der Waals surface area (Å²) in [6.07, 6.45) is -0.520. The van der Waals surface area contributed by atoms with E-state index < -0.39 is 23.6 Å². The molecule has 0 saturated heterocycles. The third-order valence-electron chi connectivity index (χ3n) is 6.97. The molecule has 0 amide bonds. The number of pyridine rings is 2. The van der Waals surface area contributed by atoms with Crippen LogP contribution in [-0.2, 0) is 18.9 Å². The molecule has 6 nitrogen and oxygen atoms in total. The first kappa shape index (κ1) is 32.1. The van der Waals surface area contributed by atoms with Crippen molar-refractivity contribution in [3.63, 3.8) is 0 Å². The average molecular weight is 605 g/mol. The predicted octanol–water partition coefficient (Wildman–Crippen LogP) is 9.05. The highest BCUT2D eigenvalue weighted by Gasteiger charge is 2.34. The molecule has 4 aromatic rings. The van der Waals surface area contributed by atoms with Gasteiger partial charge in [0.2, 0.25) is 0 Å². The van der Waals surface area contributed by atoms with Gasteiger partial charge in [-0.05, 0) is 62.3 Å². The molecule has 1 aromatic carbocycles. The number of aromatic nitrogens is 4. The van der Waals surface area contributed by atoms with Crippen molar-refractivity contribution < 1.29 is 26.3 Å². The summed E-state index contributed by atoms with van der Waals surface area (Å²) in [6, 6.07) is 8.96. The molecule has 0 unspecified atom stereocenters. The standard InChI is InChI=1S/C31H34F6N6/c1-3-5-7-16-43(17-8-6-4-2)20-27-41-25-18-21(28-24(30(32,33)34)10-9-15-38-28)11-13-23(25)29(42-27)40-22-12-14-26(39-19-22)31(35,36)37/h9-15,18-19H,3-8,16-17,20H2,1-2H3,(H,40,41,42). The highest BCUT2D eigenvalue weighted by Crippen LogP contribution is 2.37. The molecule has 230 valence electrons.